The molecule has 3 nitrogen and oxygen atoms in total. The first-order valence-electron chi connectivity index (χ1n) is 5.93. The summed E-state index contributed by atoms with van der Waals surface area (Å²) < 4.78 is 27.4. The quantitative estimate of drug-likeness (QED) is 0.576. The number of nitrogens with one attached hydrogen (secondary N) is 1. The van der Waals surface area contributed by atoms with Crippen molar-refractivity contribution in [2.45, 2.75) is 6.04 Å². The van der Waals surface area contributed by atoms with Crippen molar-refractivity contribution in [3.05, 3.63) is 64.8 Å². The standard InChI is InChI=1S/C14H11F2N3S/c15-10-1-2-12-8(3-10)5-13(20-12)14(19-17)9-4-11(16)7-18-6-9/h1-7,14,19H,17H2. The van der Waals surface area contributed by atoms with Gasteiger partial charge < -0.3 is 0 Å². The van der Waals surface area contributed by atoms with Crippen molar-refractivity contribution >= 4 is 21.4 Å². The third-order valence-electron chi connectivity index (χ3n) is 3.01. The number of benzene rings is 1. The number of thiophene rings is 1. The fraction of sp³-hybridized carbons (Fsp3) is 0.0714. The summed E-state index contributed by atoms with van der Waals surface area (Å²) in [5, 5.41) is 0.801. The summed E-state index contributed by atoms with van der Waals surface area (Å²) in [5.74, 6) is 4.86. The predicted molar refractivity (Wildman–Crippen MR) is 75.1 cm³/mol. The van der Waals surface area contributed by atoms with Gasteiger partial charge in [-0.15, -0.1) is 11.3 Å². The van der Waals surface area contributed by atoms with Crippen LogP contribution in [0.2, 0.25) is 0 Å². The molecule has 1 aromatic carbocycles. The monoisotopic (exact) mass is 291 g/mol. The maximum Gasteiger partial charge on any atom is 0.141 e. The lowest BCUT2D eigenvalue weighted by molar-refractivity contribution is 0.601. The summed E-state index contributed by atoms with van der Waals surface area (Å²) in [7, 11) is 0. The van der Waals surface area contributed by atoms with Crippen LogP contribution >= 0.6 is 11.3 Å². The highest BCUT2D eigenvalue weighted by Crippen LogP contribution is 2.33. The molecule has 0 saturated carbocycles. The molecule has 2 aromatic heterocycles. The van der Waals surface area contributed by atoms with Gasteiger partial charge in [-0.1, -0.05) is 0 Å². The van der Waals surface area contributed by atoms with Crippen molar-refractivity contribution in [2.75, 3.05) is 0 Å². The molecular formula is C14H11F2N3S. The molecule has 102 valence electrons. The molecule has 0 fully saturated rings. The van der Waals surface area contributed by atoms with E-state index in [-0.39, 0.29) is 11.9 Å². The zero-order valence-corrected chi connectivity index (χ0v) is 11.1. The van der Waals surface area contributed by atoms with Crippen LogP contribution in [0.5, 0.6) is 0 Å². The van der Waals surface area contributed by atoms with E-state index in [1.165, 1.54) is 29.5 Å². The first kappa shape index (κ1) is 13.1. The summed E-state index contributed by atoms with van der Waals surface area (Å²) >= 11 is 1.48. The molecule has 6 heteroatoms. The van der Waals surface area contributed by atoms with Gasteiger partial charge in [0.05, 0.1) is 12.2 Å². The Hall–Kier alpha value is -1.89. The predicted octanol–water partition coefficient (Wildman–Crippen LogP) is 3.13. The minimum atomic E-state index is -0.421. The first-order chi connectivity index (χ1) is 9.67. The smallest absolute Gasteiger partial charge is 0.141 e. The Morgan fingerprint density at radius 2 is 1.95 bits per heavy atom. The average Bonchev–Trinajstić information content (AvgIpc) is 2.82. The summed E-state index contributed by atoms with van der Waals surface area (Å²) in [4.78, 5) is 4.70. The van der Waals surface area contributed by atoms with Gasteiger partial charge in [0, 0.05) is 15.8 Å². The van der Waals surface area contributed by atoms with E-state index in [9.17, 15) is 8.78 Å². The second-order valence-electron chi connectivity index (χ2n) is 4.37. The third kappa shape index (κ3) is 2.40. The molecule has 0 radical (unpaired) electrons. The minimum Gasteiger partial charge on any atom is -0.271 e. The summed E-state index contributed by atoms with van der Waals surface area (Å²) in [6.07, 6.45) is 2.69. The molecule has 0 bridgehead atoms. The number of hydrazine groups is 1. The SMILES string of the molecule is NNC(c1cncc(F)c1)c1cc2cc(F)ccc2s1. The molecular weight excluding hydrogens is 280 g/mol. The molecule has 3 N–H and O–H groups in total. The molecule has 0 spiro atoms. The van der Waals surface area contributed by atoms with Crippen molar-refractivity contribution in [2.24, 2.45) is 5.84 Å². The molecule has 3 aromatic rings. The van der Waals surface area contributed by atoms with E-state index < -0.39 is 5.82 Å². The lowest BCUT2D eigenvalue weighted by Crippen LogP contribution is -2.28. The van der Waals surface area contributed by atoms with Crippen molar-refractivity contribution in [3.8, 4) is 0 Å². The number of hydrogen-bond donors (Lipinski definition) is 2. The van der Waals surface area contributed by atoms with E-state index in [0.29, 0.717) is 5.56 Å². The molecule has 2 heterocycles. The highest BCUT2D eigenvalue weighted by molar-refractivity contribution is 7.19. The summed E-state index contributed by atoms with van der Waals surface area (Å²) in [5.41, 5.74) is 3.27. The van der Waals surface area contributed by atoms with Gasteiger partial charge in [-0.2, -0.15) is 0 Å². The van der Waals surface area contributed by atoms with Crippen LogP contribution in [-0.2, 0) is 0 Å². The molecule has 0 aliphatic heterocycles. The lowest BCUT2D eigenvalue weighted by atomic mass is 10.1. The molecule has 0 saturated heterocycles. The van der Waals surface area contributed by atoms with Crippen LogP contribution in [0.15, 0.2) is 42.7 Å². The van der Waals surface area contributed by atoms with E-state index in [0.717, 1.165) is 21.2 Å². The molecule has 20 heavy (non-hydrogen) atoms. The normalized spacial score (nSPS) is 12.8. The molecule has 1 unspecified atom stereocenters. The van der Waals surface area contributed by atoms with E-state index in [4.69, 9.17) is 5.84 Å². The number of fused-ring (bicyclic) bond motifs is 1. The van der Waals surface area contributed by atoms with E-state index in [1.54, 1.807) is 12.3 Å². The van der Waals surface area contributed by atoms with Gasteiger partial charge in [0.2, 0.25) is 0 Å². The molecule has 1 atom stereocenters. The first-order valence-corrected chi connectivity index (χ1v) is 6.74. The van der Waals surface area contributed by atoms with E-state index >= 15 is 0 Å². The van der Waals surface area contributed by atoms with Crippen molar-refractivity contribution in [1.29, 1.82) is 0 Å². The Labute approximate surface area is 118 Å². The van der Waals surface area contributed by atoms with Crippen molar-refractivity contribution in [1.82, 2.24) is 10.4 Å². The van der Waals surface area contributed by atoms with Gasteiger partial charge in [0.15, 0.2) is 0 Å². The summed E-state index contributed by atoms with van der Waals surface area (Å²) in [6.45, 7) is 0. The van der Waals surface area contributed by atoms with E-state index in [2.05, 4.69) is 10.4 Å². The third-order valence-corrected chi connectivity index (χ3v) is 4.19. The van der Waals surface area contributed by atoms with Crippen LogP contribution in [0.3, 0.4) is 0 Å². The van der Waals surface area contributed by atoms with Crippen molar-refractivity contribution in [3.63, 3.8) is 0 Å². The van der Waals surface area contributed by atoms with Gasteiger partial charge in [-0.3, -0.25) is 10.8 Å². The van der Waals surface area contributed by atoms with Crippen LogP contribution in [0.4, 0.5) is 8.78 Å². The highest BCUT2D eigenvalue weighted by atomic mass is 32.1. The second-order valence-corrected chi connectivity index (χ2v) is 5.48. The number of pyridine rings is 1. The Balaban J connectivity index is 2.07. The molecule has 3 rings (SSSR count). The Kier molecular flexibility index (Phi) is 3.43. The van der Waals surface area contributed by atoms with Gasteiger partial charge in [0.1, 0.15) is 11.6 Å². The van der Waals surface area contributed by atoms with Crippen LogP contribution in [0.25, 0.3) is 10.1 Å². The van der Waals surface area contributed by atoms with Crippen LogP contribution in [0.1, 0.15) is 16.5 Å². The fourth-order valence-electron chi connectivity index (χ4n) is 2.11. The highest BCUT2D eigenvalue weighted by Gasteiger charge is 2.16. The largest absolute Gasteiger partial charge is 0.271 e. The van der Waals surface area contributed by atoms with Crippen molar-refractivity contribution < 1.29 is 8.78 Å². The average molecular weight is 291 g/mol. The molecule has 0 amide bonds. The fourth-order valence-corrected chi connectivity index (χ4v) is 3.24. The number of nitrogens with two attached hydrogens (primary N) is 1. The zero-order chi connectivity index (χ0) is 14.1. The number of nitrogens with zero attached hydrogens (tertiary/aromatic N) is 1. The van der Waals surface area contributed by atoms with E-state index in [1.807, 2.05) is 6.07 Å². The van der Waals surface area contributed by atoms with Gasteiger partial charge in [0.25, 0.3) is 0 Å². The Morgan fingerprint density at radius 3 is 2.70 bits per heavy atom. The number of aromatic nitrogens is 1. The minimum absolute atomic E-state index is 0.286. The number of rotatable bonds is 3. The van der Waals surface area contributed by atoms with Crippen LogP contribution in [-0.4, -0.2) is 4.98 Å². The van der Waals surface area contributed by atoms with Gasteiger partial charge in [-0.25, -0.2) is 14.2 Å². The maximum atomic E-state index is 13.3. The second kappa shape index (κ2) is 5.24. The molecule has 0 aliphatic rings. The van der Waals surface area contributed by atoms with Crippen LogP contribution < -0.4 is 11.3 Å². The number of hydrogen-bond acceptors (Lipinski definition) is 4. The lowest BCUT2D eigenvalue weighted by Gasteiger charge is -2.13. The maximum absolute atomic E-state index is 13.3. The molecule has 0 aliphatic carbocycles. The zero-order valence-electron chi connectivity index (χ0n) is 10.3. The number of halogens is 2. The Bertz CT molecular complexity index is 757. The van der Waals surface area contributed by atoms with Gasteiger partial charge in [-0.05, 0) is 41.3 Å². The van der Waals surface area contributed by atoms with Crippen LogP contribution in [0, 0.1) is 11.6 Å². The Morgan fingerprint density at radius 1 is 1.10 bits per heavy atom. The van der Waals surface area contributed by atoms with Gasteiger partial charge >= 0.3 is 0 Å². The topological polar surface area (TPSA) is 50.9 Å². The summed E-state index contributed by atoms with van der Waals surface area (Å²) in [6, 6.07) is 7.44.